The summed E-state index contributed by atoms with van der Waals surface area (Å²) >= 11 is 0. The average Bonchev–Trinajstić information content (AvgIpc) is 2.70. The van der Waals surface area contributed by atoms with Gasteiger partial charge in [0, 0.05) is 51.2 Å². The Morgan fingerprint density at radius 1 is 1.17 bits per heavy atom. The first-order valence-electron chi connectivity index (χ1n) is 10.7. The van der Waals surface area contributed by atoms with Crippen LogP contribution in [0.4, 0.5) is 10.2 Å². The number of methoxy groups -OCH3 is 1. The molecule has 6 nitrogen and oxygen atoms in total. The van der Waals surface area contributed by atoms with Crippen molar-refractivity contribution < 1.29 is 13.9 Å². The van der Waals surface area contributed by atoms with E-state index in [-0.39, 0.29) is 11.7 Å². The van der Waals surface area contributed by atoms with Crippen LogP contribution < -0.4 is 4.90 Å². The lowest BCUT2D eigenvalue weighted by Crippen LogP contribution is -2.51. The highest BCUT2D eigenvalue weighted by molar-refractivity contribution is 5.80. The van der Waals surface area contributed by atoms with E-state index in [9.17, 15) is 9.18 Å². The highest BCUT2D eigenvalue weighted by Crippen LogP contribution is 2.30. The van der Waals surface area contributed by atoms with Gasteiger partial charge in [0.15, 0.2) is 0 Å². The first-order valence-corrected chi connectivity index (χ1v) is 10.7. The minimum atomic E-state index is -0.233. The number of carbonyl (C=O) groups excluding carboxylic acids is 1. The predicted octanol–water partition coefficient (Wildman–Crippen LogP) is 3.11. The minimum Gasteiger partial charge on any atom is -0.378 e. The highest BCUT2D eigenvalue weighted by atomic mass is 19.1. The number of piperazine rings is 1. The second-order valence-electron chi connectivity index (χ2n) is 8.16. The van der Waals surface area contributed by atoms with E-state index in [4.69, 9.17) is 9.72 Å². The van der Waals surface area contributed by atoms with E-state index in [0.29, 0.717) is 56.5 Å². The zero-order valence-electron chi connectivity index (χ0n) is 17.7. The average molecular weight is 413 g/mol. The minimum absolute atomic E-state index is 0.225. The van der Waals surface area contributed by atoms with Gasteiger partial charge in [-0.05, 0) is 31.4 Å². The Morgan fingerprint density at radius 3 is 2.53 bits per heavy atom. The third-order valence-corrected chi connectivity index (χ3v) is 6.13. The Morgan fingerprint density at radius 2 is 1.90 bits per heavy atom. The van der Waals surface area contributed by atoms with Crippen LogP contribution >= 0.6 is 0 Å². The molecule has 0 atom stereocenters. The Hall–Kier alpha value is -2.54. The summed E-state index contributed by atoms with van der Waals surface area (Å²) in [5.74, 6) is 1.79. The number of ether oxygens (including phenoxy) is 1. The molecule has 1 aliphatic heterocycles. The number of aryl methyl sites for hydroxylation is 1. The van der Waals surface area contributed by atoms with Crippen molar-refractivity contribution in [2.24, 2.45) is 5.92 Å². The van der Waals surface area contributed by atoms with Gasteiger partial charge in [-0.15, -0.1) is 0 Å². The standard InChI is InChI=1S/C23H29FN4O2/c1-16-25-21(15-30-2)19(14-18-6-3-4-9-20(18)24)22(26-16)27-10-12-28(13-11-27)23(29)17-7-5-8-17/h3-4,6,9,17H,5,7-8,10-15H2,1-2H3. The largest absolute Gasteiger partial charge is 0.378 e. The molecule has 0 unspecified atom stereocenters. The van der Waals surface area contributed by atoms with Gasteiger partial charge in [-0.2, -0.15) is 0 Å². The van der Waals surface area contributed by atoms with Gasteiger partial charge in [0.25, 0.3) is 0 Å². The number of hydrogen-bond donors (Lipinski definition) is 0. The van der Waals surface area contributed by atoms with Crippen molar-refractivity contribution in [2.45, 2.75) is 39.2 Å². The molecular formula is C23H29FN4O2. The number of benzene rings is 1. The van der Waals surface area contributed by atoms with Crippen LogP contribution in [0.25, 0.3) is 0 Å². The fourth-order valence-electron chi connectivity index (χ4n) is 4.22. The molecule has 30 heavy (non-hydrogen) atoms. The highest BCUT2D eigenvalue weighted by Gasteiger charge is 2.32. The van der Waals surface area contributed by atoms with Gasteiger partial charge in [-0.3, -0.25) is 4.79 Å². The second kappa shape index (κ2) is 9.08. The number of rotatable bonds is 6. The van der Waals surface area contributed by atoms with E-state index in [0.717, 1.165) is 36.3 Å². The molecule has 2 fully saturated rings. The molecular weight excluding hydrogens is 383 g/mol. The van der Waals surface area contributed by atoms with Crippen molar-refractivity contribution in [3.05, 3.63) is 52.7 Å². The van der Waals surface area contributed by atoms with E-state index >= 15 is 0 Å². The van der Waals surface area contributed by atoms with Crippen molar-refractivity contribution in [2.75, 3.05) is 38.2 Å². The predicted molar refractivity (Wildman–Crippen MR) is 113 cm³/mol. The lowest BCUT2D eigenvalue weighted by molar-refractivity contribution is -0.138. The number of hydrogen-bond acceptors (Lipinski definition) is 5. The Balaban J connectivity index is 1.59. The number of carbonyl (C=O) groups is 1. The van der Waals surface area contributed by atoms with Gasteiger partial charge in [-0.25, -0.2) is 14.4 Å². The maximum absolute atomic E-state index is 14.4. The van der Waals surface area contributed by atoms with Crippen LogP contribution in [-0.2, 0) is 22.6 Å². The quantitative estimate of drug-likeness (QED) is 0.730. The third-order valence-electron chi connectivity index (χ3n) is 6.13. The topological polar surface area (TPSA) is 58.6 Å². The summed E-state index contributed by atoms with van der Waals surface area (Å²) in [7, 11) is 1.63. The molecule has 2 aliphatic rings. The van der Waals surface area contributed by atoms with Gasteiger partial charge in [0.2, 0.25) is 5.91 Å². The fraction of sp³-hybridized carbons (Fsp3) is 0.522. The number of anilines is 1. The number of amides is 1. The fourth-order valence-corrected chi connectivity index (χ4v) is 4.22. The monoisotopic (exact) mass is 412 g/mol. The maximum atomic E-state index is 14.4. The summed E-state index contributed by atoms with van der Waals surface area (Å²) in [4.78, 5) is 26.1. The van der Waals surface area contributed by atoms with Gasteiger partial charge in [-0.1, -0.05) is 24.6 Å². The Labute approximate surface area is 177 Å². The normalized spacial score (nSPS) is 17.2. The molecule has 1 amide bonds. The zero-order valence-corrected chi connectivity index (χ0v) is 17.7. The molecule has 1 saturated carbocycles. The summed E-state index contributed by atoms with van der Waals surface area (Å²) in [6.07, 6.45) is 3.62. The molecule has 4 rings (SSSR count). The molecule has 1 saturated heterocycles. The molecule has 1 aromatic heterocycles. The Bertz CT molecular complexity index is 908. The lowest BCUT2D eigenvalue weighted by atomic mass is 9.84. The smallest absolute Gasteiger partial charge is 0.225 e. The first kappa shape index (κ1) is 20.7. The van der Waals surface area contributed by atoms with Gasteiger partial charge in [0.1, 0.15) is 17.5 Å². The molecule has 7 heteroatoms. The molecule has 0 N–H and O–H groups in total. The van der Waals surface area contributed by atoms with Gasteiger partial charge < -0.3 is 14.5 Å². The molecule has 2 aromatic rings. The van der Waals surface area contributed by atoms with Crippen LogP contribution in [0.5, 0.6) is 0 Å². The first-order chi connectivity index (χ1) is 14.6. The summed E-state index contributed by atoms with van der Waals surface area (Å²) in [5.41, 5.74) is 2.30. The van der Waals surface area contributed by atoms with Gasteiger partial charge >= 0.3 is 0 Å². The van der Waals surface area contributed by atoms with Crippen LogP contribution in [0.2, 0.25) is 0 Å². The molecule has 1 aromatic carbocycles. The van der Waals surface area contributed by atoms with Crippen molar-refractivity contribution in [1.29, 1.82) is 0 Å². The van der Waals surface area contributed by atoms with Crippen molar-refractivity contribution in [1.82, 2.24) is 14.9 Å². The second-order valence-corrected chi connectivity index (χ2v) is 8.16. The molecule has 1 aliphatic carbocycles. The van der Waals surface area contributed by atoms with Crippen LogP contribution in [0.3, 0.4) is 0 Å². The summed E-state index contributed by atoms with van der Waals surface area (Å²) in [6.45, 7) is 5.03. The van der Waals surface area contributed by atoms with Gasteiger partial charge in [0.05, 0.1) is 12.3 Å². The zero-order chi connectivity index (χ0) is 21.1. The van der Waals surface area contributed by atoms with Crippen LogP contribution in [0, 0.1) is 18.7 Å². The number of halogens is 1. The number of aromatic nitrogens is 2. The Kier molecular flexibility index (Phi) is 6.27. The SMILES string of the molecule is COCc1nc(C)nc(N2CCN(C(=O)C3CCC3)CC2)c1Cc1ccccc1F. The van der Waals surface area contributed by atoms with E-state index in [1.54, 1.807) is 19.2 Å². The molecule has 0 bridgehead atoms. The van der Waals surface area contributed by atoms with Crippen molar-refractivity contribution >= 4 is 11.7 Å². The molecule has 2 heterocycles. The molecule has 0 radical (unpaired) electrons. The van der Waals surface area contributed by atoms with E-state index in [1.165, 1.54) is 6.07 Å². The molecule has 0 spiro atoms. The third kappa shape index (κ3) is 4.31. The summed E-state index contributed by atoms with van der Waals surface area (Å²) in [6, 6.07) is 6.81. The van der Waals surface area contributed by atoms with Crippen molar-refractivity contribution in [3.8, 4) is 0 Å². The summed E-state index contributed by atoms with van der Waals surface area (Å²) < 4.78 is 19.7. The van der Waals surface area contributed by atoms with E-state index < -0.39 is 0 Å². The van der Waals surface area contributed by atoms with Crippen LogP contribution in [0.15, 0.2) is 24.3 Å². The maximum Gasteiger partial charge on any atom is 0.225 e. The summed E-state index contributed by atoms with van der Waals surface area (Å²) in [5, 5.41) is 0. The van der Waals surface area contributed by atoms with Crippen molar-refractivity contribution in [3.63, 3.8) is 0 Å². The van der Waals surface area contributed by atoms with E-state index in [1.807, 2.05) is 17.9 Å². The number of nitrogens with zero attached hydrogens (tertiary/aromatic N) is 4. The van der Waals surface area contributed by atoms with Crippen LogP contribution in [0.1, 0.15) is 41.9 Å². The van der Waals surface area contributed by atoms with Crippen LogP contribution in [-0.4, -0.2) is 54.1 Å². The molecule has 160 valence electrons. The lowest BCUT2D eigenvalue weighted by Gasteiger charge is -2.39. The van der Waals surface area contributed by atoms with E-state index in [2.05, 4.69) is 9.88 Å².